The highest BCUT2D eigenvalue weighted by Gasteiger charge is 2.22. The van der Waals surface area contributed by atoms with Crippen molar-refractivity contribution >= 4 is 11.6 Å². The summed E-state index contributed by atoms with van der Waals surface area (Å²) in [6.07, 6.45) is 3.24. The zero-order valence-corrected chi connectivity index (χ0v) is 22.6. The number of hydrogen-bond donors (Lipinski definition) is 0. The number of carbonyl (C=O) groups is 1. The van der Waals surface area contributed by atoms with Crippen LogP contribution in [0, 0.1) is 0 Å². The van der Waals surface area contributed by atoms with Gasteiger partial charge in [-0.05, 0) is 74.8 Å². The molecule has 1 aliphatic heterocycles. The molecule has 0 aliphatic carbocycles. The van der Waals surface area contributed by atoms with Gasteiger partial charge in [-0.2, -0.15) is 0 Å². The maximum Gasteiger partial charge on any atom is 0.227 e. The number of carbonyl (C=O) groups excluding carboxylic acids is 1. The predicted octanol–water partition coefficient (Wildman–Crippen LogP) is 3.50. The van der Waals surface area contributed by atoms with Crippen LogP contribution in [0.3, 0.4) is 0 Å². The lowest BCUT2D eigenvalue weighted by Crippen LogP contribution is -2.35. The number of methoxy groups -OCH3 is 4. The Bertz CT molecular complexity index is 1010. The molecule has 0 N–H and O–H groups in total. The van der Waals surface area contributed by atoms with Crippen molar-refractivity contribution in [3.8, 4) is 23.0 Å². The van der Waals surface area contributed by atoms with Crippen molar-refractivity contribution in [1.29, 1.82) is 0 Å². The normalized spacial score (nSPS) is 13.3. The Morgan fingerprint density at radius 1 is 0.778 bits per heavy atom. The zero-order chi connectivity index (χ0) is 26.1. The lowest BCUT2D eigenvalue weighted by molar-refractivity contribution is -0.130. The van der Waals surface area contributed by atoms with E-state index in [9.17, 15) is 4.79 Å². The Morgan fingerprint density at radius 3 is 2.06 bits per heavy atom. The molecule has 0 unspecified atom stereocenters. The average molecular weight is 500 g/mol. The maximum absolute atomic E-state index is 12.9. The van der Waals surface area contributed by atoms with Crippen molar-refractivity contribution in [2.45, 2.75) is 25.7 Å². The van der Waals surface area contributed by atoms with E-state index in [1.165, 1.54) is 5.56 Å². The Balaban J connectivity index is 1.41. The summed E-state index contributed by atoms with van der Waals surface area (Å²) in [4.78, 5) is 19.5. The quantitative estimate of drug-likeness (QED) is 0.418. The summed E-state index contributed by atoms with van der Waals surface area (Å²) in [5.41, 5.74) is 3.31. The molecule has 1 heterocycles. The highest BCUT2D eigenvalue weighted by molar-refractivity contribution is 5.80. The van der Waals surface area contributed by atoms with E-state index >= 15 is 0 Å². The van der Waals surface area contributed by atoms with E-state index in [1.807, 2.05) is 35.2 Å². The first-order chi connectivity index (χ1) is 17.4. The summed E-state index contributed by atoms with van der Waals surface area (Å²) in [5.74, 6) is 3.05. The predicted molar refractivity (Wildman–Crippen MR) is 143 cm³/mol. The van der Waals surface area contributed by atoms with Crippen LogP contribution in [0.2, 0.25) is 0 Å². The van der Waals surface area contributed by atoms with Crippen LogP contribution >= 0.6 is 0 Å². The number of nitrogens with zero attached hydrogens (tertiary/aromatic N) is 3. The van der Waals surface area contributed by atoms with Gasteiger partial charge in [-0.15, -0.1) is 0 Å². The van der Waals surface area contributed by atoms with Gasteiger partial charge in [0, 0.05) is 38.4 Å². The van der Waals surface area contributed by atoms with Crippen LogP contribution < -0.4 is 23.8 Å². The maximum atomic E-state index is 12.9. The molecule has 198 valence electrons. The third-order valence-corrected chi connectivity index (χ3v) is 6.86. The van der Waals surface area contributed by atoms with Crippen molar-refractivity contribution in [1.82, 2.24) is 9.80 Å². The highest BCUT2D eigenvalue weighted by Crippen LogP contribution is 2.33. The van der Waals surface area contributed by atoms with Crippen LogP contribution in [0.5, 0.6) is 23.0 Å². The van der Waals surface area contributed by atoms with Crippen molar-refractivity contribution < 1.29 is 23.7 Å². The van der Waals surface area contributed by atoms with Crippen molar-refractivity contribution in [3.05, 3.63) is 41.5 Å². The standard InChI is InChI=1S/C28H41N3O5/c1-29(12-7-14-30(2)23-9-10-24(33-3)27(20-23)36-6)13-8-15-31-16-11-21-17-25(34-4)26(35-5)18-22(21)19-28(31)32/h9-10,17-18,20H,7-8,11-16,19H2,1-6H3. The molecule has 2 aromatic rings. The van der Waals surface area contributed by atoms with Crippen molar-refractivity contribution in [2.75, 3.05) is 80.2 Å². The van der Waals surface area contributed by atoms with Crippen molar-refractivity contribution in [2.24, 2.45) is 0 Å². The molecule has 0 atom stereocenters. The number of ether oxygens (including phenoxy) is 4. The third-order valence-electron chi connectivity index (χ3n) is 6.86. The van der Waals surface area contributed by atoms with Gasteiger partial charge in [0.05, 0.1) is 34.9 Å². The minimum absolute atomic E-state index is 0.181. The molecule has 0 bridgehead atoms. The second kappa shape index (κ2) is 13.3. The molecule has 8 nitrogen and oxygen atoms in total. The molecule has 1 amide bonds. The van der Waals surface area contributed by atoms with Gasteiger partial charge in [-0.25, -0.2) is 0 Å². The molecule has 1 aliphatic rings. The lowest BCUT2D eigenvalue weighted by Gasteiger charge is -2.24. The fourth-order valence-corrected chi connectivity index (χ4v) is 4.66. The van der Waals surface area contributed by atoms with E-state index in [0.717, 1.165) is 80.5 Å². The van der Waals surface area contributed by atoms with Crippen LogP contribution in [0.25, 0.3) is 0 Å². The Labute approximate surface area is 215 Å². The van der Waals surface area contributed by atoms with Gasteiger partial charge in [-0.1, -0.05) is 0 Å². The van der Waals surface area contributed by atoms with Gasteiger partial charge in [-0.3, -0.25) is 4.79 Å². The number of anilines is 1. The number of hydrogen-bond acceptors (Lipinski definition) is 7. The van der Waals surface area contributed by atoms with E-state index in [1.54, 1.807) is 28.4 Å². The smallest absolute Gasteiger partial charge is 0.227 e. The summed E-state index contributed by atoms with van der Waals surface area (Å²) in [6, 6.07) is 9.95. The average Bonchev–Trinajstić information content (AvgIpc) is 3.04. The minimum atomic E-state index is 0.181. The van der Waals surface area contributed by atoms with E-state index in [-0.39, 0.29) is 5.91 Å². The number of rotatable bonds is 13. The fraction of sp³-hybridized carbons (Fsp3) is 0.536. The molecule has 36 heavy (non-hydrogen) atoms. The highest BCUT2D eigenvalue weighted by atomic mass is 16.5. The van der Waals surface area contributed by atoms with Crippen LogP contribution in [-0.4, -0.2) is 91.0 Å². The molecule has 2 aromatic carbocycles. The molecular weight excluding hydrogens is 458 g/mol. The van der Waals surface area contributed by atoms with Gasteiger partial charge >= 0.3 is 0 Å². The Morgan fingerprint density at radius 2 is 1.39 bits per heavy atom. The molecular formula is C28H41N3O5. The van der Waals surface area contributed by atoms with Crippen LogP contribution in [0.15, 0.2) is 30.3 Å². The second-order valence-corrected chi connectivity index (χ2v) is 9.25. The summed E-state index contributed by atoms with van der Waals surface area (Å²) in [5, 5.41) is 0. The molecule has 0 saturated carbocycles. The third kappa shape index (κ3) is 6.97. The number of fused-ring (bicyclic) bond motifs is 1. The summed E-state index contributed by atoms with van der Waals surface area (Å²) < 4.78 is 21.6. The van der Waals surface area contributed by atoms with Gasteiger partial charge in [0.25, 0.3) is 0 Å². The molecule has 0 radical (unpaired) electrons. The van der Waals surface area contributed by atoms with Crippen LogP contribution in [-0.2, 0) is 17.6 Å². The van der Waals surface area contributed by atoms with E-state index in [4.69, 9.17) is 18.9 Å². The molecule has 0 saturated heterocycles. The van der Waals surface area contributed by atoms with E-state index in [2.05, 4.69) is 23.9 Å². The van der Waals surface area contributed by atoms with Crippen molar-refractivity contribution in [3.63, 3.8) is 0 Å². The first kappa shape index (κ1) is 27.5. The first-order valence-electron chi connectivity index (χ1n) is 12.5. The van der Waals surface area contributed by atoms with Gasteiger partial charge < -0.3 is 33.6 Å². The molecule has 0 spiro atoms. The molecule has 8 heteroatoms. The Hall–Kier alpha value is -3.13. The van der Waals surface area contributed by atoms with Gasteiger partial charge in [0.15, 0.2) is 23.0 Å². The summed E-state index contributed by atoms with van der Waals surface area (Å²) in [6.45, 7) is 4.41. The topological polar surface area (TPSA) is 63.7 Å². The largest absolute Gasteiger partial charge is 0.493 e. The molecule has 3 rings (SSSR count). The first-order valence-corrected chi connectivity index (χ1v) is 12.5. The minimum Gasteiger partial charge on any atom is -0.493 e. The van der Waals surface area contributed by atoms with E-state index in [0.29, 0.717) is 12.2 Å². The van der Waals surface area contributed by atoms with Crippen LogP contribution in [0.4, 0.5) is 5.69 Å². The summed E-state index contributed by atoms with van der Waals surface area (Å²) >= 11 is 0. The fourth-order valence-electron chi connectivity index (χ4n) is 4.66. The summed E-state index contributed by atoms with van der Waals surface area (Å²) in [7, 11) is 10.8. The number of amides is 1. The SMILES string of the molecule is COc1ccc(N(C)CCCN(C)CCCN2CCc3cc(OC)c(OC)cc3CC2=O)cc1OC. The monoisotopic (exact) mass is 499 g/mol. The number of benzene rings is 2. The van der Waals surface area contributed by atoms with Gasteiger partial charge in [0.2, 0.25) is 5.91 Å². The molecule has 0 aromatic heterocycles. The van der Waals surface area contributed by atoms with E-state index < -0.39 is 0 Å². The molecule has 0 fully saturated rings. The Kier molecular flexibility index (Phi) is 10.1. The van der Waals surface area contributed by atoms with Gasteiger partial charge in [0.1, 0.15) is 0 Å². The zero-order valence-electron chi connectivity index (χ0n) is 22.6. The van der Waals surface area contributed by atoms with Crippen LogP contribution in [0.1, 0.15) is 24.0 Å². The lowest BCUT2D eigenvalue weighted by atomic mass is 10.0. The second-order valence-electron chi connectivity index (χ2n) is 9.25.